The highest BCUT2D eigenvalue weighted by atomic mass is 16.4. The molecule has 1 amide bonds. The molecule has 1 unspecified atom stereocenters. The number of hydrazine groups is 1. The van der Waals surface area contributed by atoms with Crippen molar-refractivity contribution in [2.45, 2.75) is 37.8 Å². The summed E-state index contributed by atoms with van der Waals surface area (Å²) in [5.41, 5.74) is 5.74. The fourth-order valence-electron chi connectivity index (χ4n) is 2.54. The largest absolute Gasteiger partial charge is 0.480 e. The maximum atomic E-state index is 11.9. The molecule has 90 valence electrons. The first kappa shape index (κ1) is 11.3. The van der Waals surface area contributed by atoms with Crippen molar-refractivity contribution in [3.63, 3.8) is 0 Å². The molecule has 2 rings (SSSR count). The maximum absolute atomic E-state index is 11.9. The molecule has 6 nitrogen and oxygen atoms in total. The highest BCUT2D eigenvalue weighted by molar-refractivity contribution is 5.85. The lowest BCUT2D eigenvalue weighted by Crippen LogP contribution is -2.53. The average molecular weight is 227 g/mol. The Labute approximate surface area is 94.0 Å². The third kappa shape index (κ3) is 2.03. The molecule has 2 heterocycles. The number of hydrogen-bond acceptors (Lipinski definition) is 4. The molecule has 3 N–H and O–H groups in total. The van der Waals surface area contributed by atoms with Crippen LogP contribution in [0.4, 0.5) is 0 Å². The quantitative estimate of drug-likeness (QED) is 0.658. The number of nitrogens with zero attached hydrogens (tertiary/aromatic N) is 2. The molecule has 2 aliphatic rings. The number of carbonyl (C=O) groups is 2. The number of nitrogens with two attached hydrogens (primary N) is 1. The van der Waals surface area contributed by atoms with Gasteiger partial charge >= 0.3 is 5.97 Å². The monoisotopic (exact) mass is 227 g/mol. The number of aliphatic carboxylic acids is 1. The molecule has 0 saturated carbocycles. The summed E-state index contributed by atoms with van der Waals surface area (Å²) in [7, 11) is 0. The first-order chi connectivity index (χ1) is 7.59. The molecule has 2 saturated heterocycles. The number of amides is 1. The molecule has 0 aliphatic carbocycles. The van der Waals surface area contributed by atoms with E-state index in [9.17, 15) is 9.59 Å². The summed E-state index contributed by atoms with van der Waals surface area (Å²) in [4.78, 5) is 22.7. The lowest BCUT2D eigenvalue weighted by Gasteiger charge is -2.33. The van der Waals surface area contributed by atoms with Crippen molar-refractivity contribution in [1.82, 2.24) is 10.0 Å². The van der Waals surface area contributed by atoms with Crippen molar-refractivity contribution in [1.29, 1.82) is 0 Å². The second kappa shape index (κ2) is 4.39. The molecule has 2 aliphatic heterocycles. The molecule has 0 aromatic carbocycles. The van der Waals surface area contributed by atoms with Gasteiger partial charge in [0.1, 0.15) is 6.54 Å². The number of hydrogen-bond donors (Lipinski definition) is 2. The van der Waals surface area contributed by atoms with Gasteiger partial charge in [-0.05, 0) is 25.7 Å². The lowest BCUT2D eigenvalue weighted by atomic mass is 10.1. The molecule has 0 radical (unpaired) electrons. The Morgan fingerprint density at radius 3 is 2.88 bits per heavy atom. The predicted octanol–water partition coefficient (Wildman–Crippen LogP) is -0.600. The normalized spacial score (nSPS) is 31.3. The van der Waals surface area contributed by atoms with Gasteiger partial charge in [-0.15, -0.1) is 0 Å². The van der Waals surface area contributed by atoms with E-state index >= 15 is 0 Å². The molecular formula is C10H17N3O3. The Bertz CT molecular complexity index is 308. The van der Waals surface area contributed by atoms with E-state index in [4.69, 9.17) is 10.8 Å². The van der Waals surface area contributed by atoms with Gasteiger partial charge in [-0.1, -0.05) is 0 Å². The molecule has 6 heteroatoms. The van der Waals surface area contributed by atoms with Crippen molar-refractivity contribution in [2.24, 2.45) is 5.73 Å². The lowest BCUT2D eigenvalue weighted by molar-refractivity contribution is -0.159. The highest BCUT2D eigenvalue weighted by Gasteiger charge is 2.38. The minimum Gasteiger partial charge on any atom is -0.480 e. The summed E-state index contributed by atoms with van der Waals surface area (Å²) in [6.45, 7) is 0.486. The van der Waals surface area contributed by atoms with Crippen molar-refractivity contribution >= 4 is 11.9 Å². The van der Waals surface area contributed by atoms with Gasteiger partial charge in [0.15, 0.2) is 0 Å². The fourth-order valence-corrected chi connectivity index (χ4v) is 2.54. The average Bonchev–Trinajstić information content (AvgIpc) is 2.65. The molecule has 2 atom stereocenters. The zero-order valence-electron chi connectivity index (χ0n) is 9.13. The van der Waals surface area contributed by atoms with Crippen LogP contribution >= 0.6 is 0 Å². The number of rotatable bonds is 2. The Hall–Kier alpha value is -1.14. The molecule has 0 aromatic rings. The van der Waals surface area contributed by atoms with E-state index in [1.165, 1.54) is 5.01 Å². The van der Waals surface area contributed by atoms with E-state index in [1.54, 1.807) is 0 Å². The summed E-state index contributed by atoms with van der Waals surface area (Å²) >= 11 is 0. The van der Waals surface area contributed by atoms with Crippen molar-refractivity contribution in [2.75, 3.05) is 13.1 Å². The van der Waals surface area contributed by atoms with Crippen LogP contribution in [0.3, 0.4) is 0 Å². The Morgan fingerprint density at radius 2 is 2.19 bits per heavy atom. The molecule has 0 bridgehead atoms. The van der Waals surface area contributed by atoms with Crippen molar-refractivity contribution < 1.29 is 14.7 Å². The van der Waals surface area contributed by atoms with Crippen LogP contribution in [0.25, 0.3) is 0 Å². The summed E-state index contributed by atoms with van der Waals surface area (Å²) in [6, 6.07) is -0.262. The second-order valence-electron chi connectivity index (χ2n) is 4.43. The smallest absolute Gasteiger partial charge is 0.324 e. The molecule has 0 aromatic heterocycles. The van der Waals surface area contributed by atoms with Gasteiger partial charge in [0.2, 0.25) is 0 Å². The summed E-state index contributed by atoms with van der Waals surface area (Å²) in [5, 5.41) is 12.0. The van der Waals surface area contributed by atoms with Crippen LogP contribution in [0.5, 0.6) is 0 Å². The molecular weight excluding hydrogens is 210 g/mol. The standard InChI is InChI=1S/C10H17N3O3/c11-8-4-3-7-2-1-5-12(7)13(10(8)16)6-9(14)15/h7-8H,1-6,11H2,(H,14,15)/t7?,8-/m0/s1. The minimum absolute atomic E-state index is 0.258. The number of fused-ring (bicyclic) bond motifs is 1. The van der Waals surface area contributed by atoms with Gasteiger partial charge in [0.05, 0.1) is 6.04 Å². The number of carbonyl (C=O) groups excluding carboxylic acids is 1. The van der Waals surface area contributed by atoms with Gasteiger partial charge in [0, 0.05) is 12.6 Å². The van der Waals surface area contributed by atoms with E-state index in [2.05, 4.69) is 0 Å². The zero-order chi connectivity index (χ0) is 11.7. The Morgan fingerprint density at radius 1 is 1.44 bits per heavy atom. The van der Waals surface area contributed by atoms with Crippen LogP contribution in [-0.2, 0) is 9.59 Å². The number of carboxylic acid groups (broad SMARTS) is 1. The van der Waals surface area contributed by atoms with Gasteiger partial charge < -0.3 is 10.8 Å². The van der Waals surface area contributed by atoms with Gasteiger partial charge in [-0.25, -0.2) is 5.01 Å². The van der Waals surface area contributed by atoms with E-state index < -0.39 is 12.0 Å². The third-order valence-electron chi connectivity index (χ3n) is 3.32. The summed E-state index contributed by atoms with van der Waals surface area (Å²) in [6.07, 6.45) is 3.57. The van der Waals surface area contributed by atoms with E-state index in [1.807, 2.05) is 5.01 Å². The highest BCUT2D eigenvalue weighted by Crippen LogP contribution is 2.27. The molecule has 0 spiro atoms. The van der Waals surface area contributed by atoms with Gasteiger partial charge in [-0.3, -0.25) is 14.6 Å². The van der Waals surface area contributed by atoms with E-state index in [0.29, 0.717) is 6.42 Å². The molecule has 2 fully saturated rings. The van der Waals surface area contributed by atoms with E-state index in [0.717, 1.165) is 25.8 Å². The molecule has 16 heavy (non-hydrogen) atoms. The Balaban J connectivity index is 2.19. The van der Waals surface area contributed by atoms with Crippen LogP contribution < -0.4 is 5.73 Å². The number of carboxylic acids is 1. The van der Waals surface area contributed by atoms with Crippen LogP contribution in [0.1, 0.15) is 25.7 Å². The van der Waals surface area contributed by atoms with Crippen molar-refractivity contribution in [3.8, 4) is 0 Å². The van der Waals surface area contributed by atoms with Gasteiger partial charge in [0.25, 0.3) is 5.91 Å². The minimum atomic E-state index is -0.992. The summed E-state index contributed by atoms with van der Waals surface area (Å²) in [5.74, 6) is -1.25. The third-order valence-corrected chi connectivity index (χ3v) is 3.32. The van der Waals surface area contributed by atoms with Crippen LogP contribution in [0.2, 0.25) is 0 Å². The first-order valence-electron chi connectivity index (χ1n) is 5.65. The van der Waals surface area contributed by atoms with Crippen molar-refractivity contribution in [3.05, 3.63) is 0 Å². The SMILES string of the molecule is N[C@H]1CCC2CCCN2N(CC(=O)O)C1=O. The first-order valence-corrected chi connectivity index (χ1v) is 5.65. The summed E-state index contributed by atoms with van der Waals surface area (Å²) < 4.78 is 0. The topological polar surface area (TPSA) is 86.9 Å². The zero-order valence-corrected chi connectivity index (χ0v) is 9.13. The maximum Gasteiger partial charge on any atom is 0.324 e. The van der Waals surface area contributed by atoms with Crippen LogP contribution in [-0.4, -0.2) is 52.2 Å². The predicted molar refractivity (Wildman–Crippen MR) is 56.3 cm³/mol. The fraction of sp³-hybridized carbons (Fsp3) is 0.800. The van der Waals surface area contributed by atoms with Crippen LogP contribution in [0, 0.1) is 0 Å². The Kier molecular flexibility index (Phi) is 3.11. The second-order valence-corrected chi connectivity index (χ2v) is 4.43. The van der Waals surface area contributed by atoms with E-state index in [-0.39, 0.29) is 18.5 Å². The van der Waals surface area contributed by atoms with Gasteiger partial charge in [-0.2, -0.15) is 0 Å². The van der Waals surface area contributed by atoms with Crippen LogP contribution in [0.15, 0.2) is 0 Å².